The van der Waals surface area contributed by atoms with E-state index in [2.05, 4.69) is 48.1 Å². The first-order chi connectivity index (χ1) is 9.92. The maximum atomic E-state index is 5.70. The largest absolute Gasteiger partial charge is 0.491 e. The van der Waals surface area contributed by atoms with Gasteiger partial charge in [-0.15, -0.1) is 0 Å². The highest BCUT2D eigenvalue weighted by Crippen LogP contribution is 2.23. The number of benzene rings is 1. The number of hydrogen-bond acceptors (Lipinski definition) is 4. The van der Waals surface area contributed by atoms with Gasteiger partial charge >= 0.3 is 0 Å². The van der Waals surface area contributed by atoms with Gasteiger partial charge in [-0.25, -0.2) is 0 Å². The zero-order valence-electron chi connectivity index (χ0n) is 13.4. The van der Waals surface area contributed by atoms with Crippen LogP contribution in [0.1, 0.15) is 26.3 Å². The molecular weight excluding hydrogens is 334 g/mol. The average Bonchev–Trinajstić information content (AvgIpc) is 2.42. The molecule has 0 atom stereocenters. The maximum absolute atomic E-state index is 5.70. The quantitative estimate of drug-likeness (QED) is 0.686. The first-order valence-electron chi connectivity index (χ1n) is 7.15. The van der Waals surface area contributed by atoms with Crippen molar-refractivity contribution in [1.29, 1.82) is 0 Å². The normalized spacial score (nSPS) is 11.7. The Kier molecular flexibility index (Phi) is 8.26. The van der Waals surface area contributed by atoms with Crippen LogP contribution in [-0.4, -0.2) is 39.1 Å². The number of ether oxygens (including phenoxy) is 3. The van der Waals surface area contributed by atoms with Crippen LogP contribution in [0.2, 0.25) is 0 Å². The SMILES string of the molecule is COCCOCCOc1ccc(Br)c(CNC(C)(C)C)c1. The minimum atomic E-state index is 0.0888. The predicted octanol–water partition coefficient (Wildman–Crippen LogP) is 3.38. The van der Waals surface area contributed by atoms with Gasteiger partial charge in [-0.1, -0.05) is 15.9 Å². The Morgan fingerprint density at radius 2 is 1.81 bits per heavy atom. The second-order valence-corrected chi connectivity index (χ2v) is 6.66. The molecule has 1 aromatic rings. The molecule has 120 valence electrons. The topological polar surface area (TPSA) is 39.7 Å². The van der Waals surface area contributed by atoms with E-state index < -0.39 is 0 Å². The Hall–Kier alpha value is -0.620. The van der Waals surface area contributed by atoms with Gasteiger partial charge in [0.05, 0.1) is 19.8 Å². The summed E-state index contributed by atoms with van der Waals surface area (Å²) in [5, 5.41) is 3.47. The number of methoxy groups -OCH3 is 1. The summed E-state index contributed by atoms with van der Waals surface area (Å²) in [4.78, 5) is 0. The fraction of sp³-hybridized carbons (Fsp3) is 0.625. The molecule has 21 heavy (non-hydrogen) atoms. The van der Waals surface area contributed by atoms with Crippen LogP contribution in [0, 0.1) is 0 Å². The van der Waals surface area contributed by atoms with Crippen LogP contribution in [0.5, 0.6) is 5.75 Å². The van der Waals surface area contributed by atoms with Crippen molar-refractivity contribution >= 4 is 15.9 Å². The lowest BCUT2D eigenvalue weighted by Crippen LogP contribution is -2.35. The zero-order valence-corrected chi connectivity index (χ0v) is 15.0. The Morgan fingerprint density at radius 3 is 2.48 bits per heavy atom. The zero-order chi connectivity index (χ0) is 15.7. The molecule has 1 aromatic carbocycles. The molecule has 0 bridgehead atoms. The second-order valence-electron chi connectivity index (χ2n) is 5.81. The Balaban J connectivity index is 2.41. The molecule has 4 nitrogen and oxygen atoms in total. The Morgan fingerprint density at radius 1 is 1.10 bits per heavy atom. The van der Waals surface area contributed by atoms with E-state index in [1.165, 1.54) is 5.56 Å². The Labute approximate surface area is 136 Å². The van der Waals surface area contributed by atoms with E-state index in [4.69, 9.17) is 14.2 Å². The monoisotopic (exact) mass is 359 g/mol. The highest BCUT2D eigenvalue weighted by Gasteiger charge is 2.10. The smallest absolute Gasteiger partial charge is 0.119 e. The van der Waals surface area contributed by atoms with Crippen LogP contribution in [0.15, 0.2) is 22.7 Å². The van der Waals surface area contributed by atoms with Gasteiger partial charge in [-0.05, 0) is 44.5 Å². The van der Waals surface area contributed by atoms with E-state index in [1.54, 1.807) is 7.11 Å². The fourth-order valence-corrected chi connectivity index (χ4v) is 1.99. The van der Waals surface area contributed by atoms with Gasteiger partial charge in [0.2, 0.25) is 0 Å². The van der Waals surface area contributed by atoms with Gasteiger partial charge in [0.15, 0.2) is 0 Å². The third-order valence-corrected chi connectivity index (χ3v) is 3.53. The number of rotatable bonds is 9. The van der Waals surface area contributed by atoms with Crippen LogP contribution in [-0.2, 0) is 16.0 Å². The Bertz CT molecular complexity index is 418. The molecule has 0 fully saturated rings. The van der Waals surface area contributed by atoms with Crippen LogP contribution in [0.4, 0.5) is 0 Å². The minimum Gasteiger partial charge on any atom is -0.491 e. The van der Waals surface area contributed by atoms with Crippen molar-refractivity contribution in [2.75, 3.05) is 33.5 Å². The minimum absolute atomic E-state index is 0.0888. The van der Waals surface area contributed by atoms with Crippen LogP contribution in [0.3, 0.4) is 0 Å². The van der Waals surface area contributed by atoms with Crippen LogP contribution < -0.4 is 10.1 Å². The van der Waals surface area contributed by atoms with E-state index in [0.717, 1.165) is 16.8 Å². The lowest BCUT2D eigenvalue weighted by molar-refractivity contribution is 0.0544. The highest BCUT2D eigenvalue weighted by atomic mass is 79.9. The van der Waals surface area contributed by atoms with Gasteiger partial charge < -0.3 is 19.5 Å². The standard InChI is InChI=1S/C16H26BrNO3/c1-16(2,3)18-12-13-11-14(5-6-15(13)17)21-10-9-20-8-7-19-4/h5-6,11,18H,7-10,12H2,1-4H3. The summed E-state index contributed by atoms with van der Waals surface area (Å²) in [6.45, 7) is 9.57. The molecule has 0 aromatic heterocycles. The molecule has 0 unspecified atom stereocenters. The van der Waals surface area contributed by atoms with Gasteiger partial charge in [-0.2, -0.15) is 0 Å². The molecular formula is C16H26BrNO3. The van der Waals surface area contributed by atoms with Crippen LogP contribution >= 0.6 is 15.9 Å². The molecule has 0 radical (unpaired) electrons. The fourth-order valence-electron chi connectivity index (χ4n) is 1.60. The summed E-state index contributed by atoms with van der Waals surface area (Å²) in [5.41, 5.74) is 1.27. The summed E-state index contributed by atoms with van der Waals surface area (Å²) >= 11 is 3.57. The van der Waals surface area contributed by atoms with Crippen molar-refractivity contribution in [2.45, 2.75) is 32.9 Å². The molecule has 5 heteroatoms. The molecule has 0 amide bonds. The number of nitrogens with one attached hydrogen (secondary N) is 1. The van der Waals surface area contributed by atoms with E-state index >= 15 is 0 Å². The van der Waals surface area contributed by atoms with Crippen molar-refractivity contribution < 1.29 is 14.2 Å². The molecule has 0 aliphatic rings. The van der Waals surface area contributed by atoms with E-state index in [-0.39, 0.29) is 5.54 Å². The third-order valence-electron chi connectivity index (χ3n) is 2.75. The summed E-state index contributed by atoms with van der Waals surface area (Å²) < 4.78 is 17.1. The number of hydrogen-bond donors (Lipinski definition) is 1. The van der Waals surface area contributed by atoms with Gasteiger partial charge in [0.1, 0.15) is 12.4 Å². The van der Waals surface area contributed by atoms with E-state index in [1.807, 2.05) is 12.1 Å². The van der Waals surface area contributed by atoms with Crippen molar-refractivity contribution in [2.24, 2.45) is 0 Å². The first-order valence-corrected chi connectivity index (χ1v) is 7.94. The molecule has 1 rings (SSSR count). The lowest BCUT2D eigenvalue weighted by Gasteiger charge is -2.21. The molecule has 0 aliphatic carbocycles. The van der Waals surface area contributed by atoms with E-state index in [0.29, 0.717) is 26.4 Å². The molecule has 0 saturated carbocycles. The van der Waals surface area contributed by atoms with Crippen molar-refractivity contribution in [3.05, 3.63) is 28.2 Å². The average molecular weight is 360 g/mol. The summed E-state index contributed by atoms with van der Waals surface area (Å²) in [7, 11) is 1.66. The third kappa shape index (κ3) is 8.41. The highest BCUT2D eigenvalue weighted by molar-refractivity contribution is 9.10. The van der Waals surface area contributed by atoms with E-state index in [9.17, 15) is 0 Å². The predicted molar refractivity (Wildman–Crippen MR) is 88.9 cm³/mol. The summed E-state index contributed by atoms with van der Waals surface area (Å²) in [5.74, 6) is 0.860. The van der Waals surface area contributed by atoms with Crippen molar-refractivity contribution in [3.63, 3.8) is 0 Å². The number of halogens is 1. The lowest BCUT2D eigenvalue weighted by atomic mass is 10.1. The van der Waals surface area contributed by atoms with Gasteiger partial charge in [-0.3, -0.25) is 0 Å². The van der Waals surface area contributed by atoms with Gasteiger partial charge in [0.25, 0.3) is 0 Å². The van der Waals surface area contributed by atoms with Gasteiger partial charge in [0, 0.05) is 23.7 Å². The molecule has 0 spiro atoms. The second kappa shape index (κ2) is 9.41. The first kappa shape index (κ1) is 18.4. The maximum Gasteiger partial charge on any atom is 0.119 e. The van der Waals surface area contributed by atoms with Crippen molar-refractivity contribution in [3.8, 4) is 5.75 Å². The summed E-state index contributed by atoms with van der Waals surface area (Å²) in [6, 6.07) is 6.03. The summed E-state index contributed by atoms with van der Waals surface area (Å²) in [6.07, 6.45) is 0. The molecule has 0 aliphatic heterocycles. The van der Waals surface area contributed by atoms with Crippen LogP contribution in [0.25, 0.3) is 0 Å². The van der Waals surface area contributed by atoms with Crippen molar-refractivity contribution in [1.82, 2.24) is 5.32 Å². The molecule has 0 saturated heterocycles. The molecule has 0 heterocycles. The molecule has 1 N–H and O–H groups in total.